The van der Waals surface area contributed by atoms with Gasteiger partial charge in [-0.15, -0.1) is 0 Å². The molecule has 0 heterocycles. The van der Waals surface area contributed by atoms with E-state index in [1.807, 2.05) is 82.0 Å². The lowest BCUT2D eigenvalue weighted by molar-refractivity contribution is -0.137. The predicted molar refractivity (Wildman–Crippen MR) is 123 cm³/mol. The number of carbonyl (C=O) groups is 2. The summed E-state index contributed by atoms with van der Waals surface area (Å²) in [7, 11) is 0. The van der Waals surface area contributed by atoms with E-state index in [9.17, 15) is 9.59 Å². The molecule has 2 aromatic rings. The van der Waals surface area contributed by atoms with Crippen molar-refractivity contribution in [3.8, 4) is 11.5 Å². The van der Waals surface area contributed by atoms with Crippen molar-refractivity contribution in [3.05, 3.63) is 64.7 Å². The number of ketones is 1. The maximum absolute atomic E-state index is 12.7. The van der Waals surface area contributed by atoms with Gasteiger partial charge in [0.2, 0.25) is 0 Å². The van der Waals surface area contributed by atoms with Gasteiger partial charge in [-0.25, -0.2) is 0 Å². The average molecular weight is 422 g/mol. The SMILES string of the molecule is CCOc1cc(/C=C2\Cc3ccccc3C2=O)ccc1OCC(=O)N(C(C)C)C(C)C. The monoisotopic (exact) mass is 421 g/mol. The third kappa shape index (κ3) is 5.16. The van der Waals surface area contributed by atoms with E-state index < -0.39 is 0 Å². The Morgan fingerprint density at radius 1 is 1.03 bits per heavy atom. The number of ether oxygens (including phenoxy) is 2. The van der Waals surface area contributed by atoms with Gasteiger partial charge in [-0.1, -0.05) is 30.3 Å². The van der Waals surface area contributed by atoms with Crippen LogP contribution in [0.5, 0.6) is 11.5 Å². The van der Waals surface area contributed by atoms with Gasteiger partial charge < -0.3 is 14.4 Å². The van der Waals surface area contributed by atoms with Crippen LogP contribution >= 0.6 is 0 Å². The predicted octanol–water partition coefficient (Wildman–Crippen LogP) is 4.93. The number of allylic oxidation sites excluding steroid dienone is 1. The average Bonchev–Trinajstić information content (AvgIpc) is 3.03. The number of hydrogen-bond acceptors (Lipinski definition) is 4. The van der Waals surface area contributed by atoms with Crippen LogP contribution in [0.15, 0.2) is 48.0 Å². The first-order valence-corrected chi connectivity index (χ1v) is 10.9. The van der Waals surface area contributed by atoms with Gasteiger partial charge in [-0.2, -0.15) is 0 Å². The highest BCUT2D eigenvalue weighted by Gasteiger charge is 2.24. The van der Waals surface area contributed by atoms with Crippen molar-refractivity contribution in [2.45, 2.75) is 53.1 Å². The van der Waals surface area contributed by atoms with Crippen LogP contribution in [0.1, 0.15) is 56.1 Å². The molecule has 0 N–H and O–H groups in total. The maximum atomic E-state index is 12.7. The number of amides is 1. The zero-order valence-corrected chi connectivity index (χ0v) is 19.0. The van der Waals surface area contributed by atoms with Gasteiger partial charge in [0.05, 0.1) is 6.61 Å². The number of fused-ring (bicyclic) bond motifs is 1. The quantitative estimate of drug-likeness (QED) is 0.567. The highest BCUT2D eigenvalue weighted by atomic mass is 16.5. The Morgan fingerprint density at radius 2 is 1.74 bits per heavy atom. The molecular weight excluding hydrogens is 390 g/mol. The van der Waals surface area contributed by atoms with Crippen molar-refractivity contribution in [2.75, 3.05) is 13.2 Å². The van der Waals surface area contributed by atoms with Gasteiger partial charge in [0.15, 0.2) is 23.9 Å². The third-order valence-electron chi connectivity index (χ3n) is 5.29. The van der Waals surface area contributed by atoms with Gasteiger partial charge in [0.25, 0.3) is 5.91 Å². The second-order valence-electron chi connectivity index (χ2n) is 8.25. The van der Waals surface area contributed by atoms with Crippen LogP contribution in [-0.4, -0.2) is 41.9 Å². The highest BCUT2D eigenvalue weighted by molar-refractivity contribution is 6.15. The molecule has 5 nitrogen and oxygen atoms in total. The Balaban J connectivity index is 1.78. The lowest BCUT2D eigenvalue weighted by Gasteiger charge is -2.30. The standard InChI is InChI=1S/C26H31NO4/c1-6-30-24-14-19(13-21-15-20-9-7-8-10-22(20)26(21)29)11-12-23(24)31-16-25(28)27(17(2)3)18(4)5/h7-14,17-18H,6,15-16H2,1-5H3/b21-13+. The molecule has 0 spiro atoms. The van der Waals surface area contributed by atoms with Crippen LogP contribution in [0.2, 0.25) is 0 Å². The number of hydrogen-bond donors (Lipinski definition) is 0. The molecule has 5 heteroatoms. The highest BCUT2D eigenvalue weighted by Crippen LogP contribution is 2.32. The fourth-order valence-electron chi connectivity index (χ4n) is 4.06. The molecule has 0 fully saturated rings. The number of Topliss-reactive ketones (excluding diaryl/α,β-unsaturated/α-hetero) is 1. The molecule has 1 amide bonds. The van der Waals surface area contributed by atoms with E-state index in [1.165, 1.54) is 0 Å². The molecule has 0 bridgehead atoms. The summed E-state index contributed by atoms with van der Waals surface area (Å²) in [6.45, 7) is 10.3. The van der Waals surface area contributed by atoms with Crippen molar-refractivity contribution >= 4 is 17.8 Å². The second kappa shape index (κ2) is 9.82. The molecule has 0 saturated heterocycles. The van der Waals surface area contributed by atoms with Gasteiger partial charge in [-0.05, 0) is 64.0 Å². The van der Waals surface area contributed by atoms with Crippen LogP contribution in [0.4, 0.5) is 0 Å². The van der Waals surface area contributed by atoms with Gasteiger partial charge in [0.1, 0.15) is 0 Å². The second-order valence-corrected chi connectivity index (χ2v) is 8.25. The lowest BCUT2D eigenvalue weighted by Crippen LogP contribution is -2.44. The summed E-state index contributed by atoms with van der Waals surface area (Å²) in [5, 5.41) is 0. The van der Waals surface area contributed by atoms with E-state index in [1.54, 1.807) is 6.07 Å². The topological polar surface area (TPSA) is 55.8 Å². The Bertz CT molecular complexity index is 983. The Kier molecular flexibility index (Phi) is 7.16. The molecule has 0 unspecified atom stereocenters. The van der Waals surface area contributed by atoms with E-state index in [-0.39, 0.29) is 30.4 Å². The molecule has 0 aromatic heterocycles. The summed E-state index contributed by atoms with van der Waals surface area (Å²) < 4.78 is 11.6. The summed E-state index contributed by atoms with van der Waals surface area (Å²) in [5.41, 5.74) is 3.46. The van der Waals surface area contributed by atoms with Gasteiger partial charge in [-0.3, -0.25) is 9.59 Å². The fourth-order valence-corrected chi connectivity index (χ4v) is 4.06. The minimum Gasteiger partial charge on any atom is -0.490 e. The molecule has 0 atom stereocenters. The zero-order valence-electron chi connectivity index (χ0n) is 19.0. The van der Waals surface area contributed by atoms with E-state index in [0.717, 1.165) is 22.3 Å². The van der Waals surface area contributed by atoms with Crippen molar-refractivity contribution in [1.29, 1.82) is 0 Å². The normalized spacial score (nSPS) is 14.3. The van der Waals surface area contributed by atoms with Crippen molar-refractivity contribution in [2.24, 2.45) is 0 Å². The van der Waals surface area contributed by atoms with Gasteiger partial charge >= 0.3 is 0 Å². The first-order chi connectivity index (χ1) is 14.8. The van der Waals surface area contributed by atoms with Gasteiger partial charge in [0, 0.05) is 29.6 Å². The number of rotatable bonds is 8. The minimum absolute atomic E-state index is 0.0509. The molecule has 3 rings (SSSR count). The maximum Gasteiger partial charge on any atom is 0.260 e. The first kappa shape index (κ1) is 22.6. The molecular formula is C26H31NO4. The Morgan fingerprint density at radius 3 is 2.39 bits per heavy atom. The summed E-state index contributed by atoms with van der Waals surface area (Å²) in [5.74, 6) is 1.09. The summed E-state index contributed by atoms with van der Waals surface area (Å²) >= 11 is 0. The summed E-state index contributed by atoms with van der Waals surface area (Å²) in [6, 6.07) is 13.4. The first-order valence-electron chi connectivity index (χ1n) is 10.9. The molecule has 0 aliphatic heterocycles. The van der Waals surface area contributed by atoms with Crippen LogP contribution in [0.3, 0.4) is 0 Å². The largest absolute Gasteiger partial charge is 0.490 e. The van der Waals surface area contributed by atoms with Crippen LogP contribution < -0.4 is 9.47 Å². The zero-order chi connectivity index (χ0) is 22.5. The van der Waals surface area contributed by atoms with Crippen LogP contribution in [-0.2, 0) is 11.2 Å². The van der Waals surface area contributed by atoms with Crippen molar-refractivity contribution in [1.82, 2.24) is 4.90 Å². The Hall–Kier alpha value is -3.08. The van der Waals surface area contributed by atoms with E-state index in [4.69, 9.17) is 9.47 Å². The Labute approximate surface area is 184 Å². The summed E-state index contributed by atoms with van der Waals surface area (Å²) in [6.07, 6.45) is 2.53. The fraction of sp³-hybridized carbons (Fsp3) is 0.385. The molecule has 164 valence electrons. The summed E-state index contributed by atoms with van der Waals surface area (Å²) in [4.78, 5) is 27.1. The molecule has 0 radical (unpaired) electrons. The van der Waals surface area contributed by atoms with E-state index in [0.29, 0.717) is 24.5 Å². The smallest absolute Gasteiger partial charge is 0.260 e. The van der Waals surface area contributed by atoms with E-state index in [2.05, 4.69) is 0 Å². The van der Waals surface area contributed by atoms with Crippen LogP contribution in [0, 0.1) is 0 Å². The van der Waals surface area contributed by atoms with Crippen molar-refractivity contribution in [3.63, 3.8) is 0 Å². The van der Waals surface area contributed by atoms with E-state index >= 15 is 0 Å². The number of nitrogens with zero attached hydrogens (tertiary/aromatic N) is 1. The minimum atomic E-state index is -0.0621. The third-order valence-corrected chi connectivity index (χ3v) is 5.29. The van der Waals surface area contributed by atoms with Crippen molar-refractivity contribution < 1.29 is 19.1 Å². The molecule has 1 aliphatic carbocycles. The number of carbonyl (C=O) groups excluding carboxylic acids is 2. The number of benzene rings is 2. The lowest BCUT2D eigenvalue weighted by atomic mass is 10.1. The molecule has 0 saturated carbocycles. The molecule has 1 aliphatic rings. The molecule has 31 heavy (non-hydrogen) atoms. The molecule has 2 aromatic carbocycles. The van der Waals surface area contributed by atoms with Crippen LogP contribution in [0.25, 0.3) is 6.08 Å².